The monoisotopic (exact) mass is 282 g/mol. The van der Waals surface area contributed by atoms with Crippen LogP contribution in [-0.2, 0) is 17.9 Å². The molecule has 104 valence electrons. The average molecular weight is 282 g/mol. The number of nitrogens with zero attached hydrogens (tertiary/aromatic N) is 1. The molecule has 0 aliphatic carbocycles. The topological polar surface area (TPSA) is 38.5 Å². The van der Waals surface area contributed by atoms with Crippen molar-refractivity contribution < 1.29 is 9.13 Å². The van der Waals surface area contributed by atoms with Crippen LogP contribution in [0.25, 0.3) is 10.1 Å². The van der Waals surface area contributed by atoms with Crippen LogP contribution < -0.4 is 5.73 Å². The lowest BCUT2D eigenvalue weighted by Gasteiger charge is -2.10. The van der Waals surface area contributed by atoms with E-state index in [1.165, 1.54) is 6.07 Å². The summed E-state index contributed by atoms with van der Waals surface area (Å²) < 4.78 is 20.5. The standard InChI is InChI=1S/C14H19FN2OS/c1-17(2)6-7-18-9-10-13(8-16)19-12-5-3-4-11(15)14(10)12/h3-5H,6-9,16H2,1-2H3. The predicted molar refractivity (Wildman–Crippen MR) is 77.9 cm³/mol. The van der Waals surface area contributed by atoms with Crippen molar-refractivity contribution in [2.45, 2.75) is 13.2 Å². The Morgan fingerprint density at radius 2 is 2.16 bits per heavy atom. The Kier molecular flexibility index (Phi) is 4.87. The van der Waals surface area contributed by atoms with Gasteiger partial charge in [0.05, 0.1) is 13.2 Å². The minimum absolute atomic E-state index is 0.195. The Morgan fingerprint density at radius 1 is 1.37 bits per heavy atom. The SMILES string of the molecule is CN(C)CCOCc1c(CN)sc2cccc(F)c12. The fourth-order valence-corrected chi connectivity index (χ4v) is 3.06. The molecule has 0 saturated heterocycles. The molecule has 1 heterocycles. The van der Waals surface area contributed by atoms with Crippen LogP contribution in [0.15, 0.2) is 18.2 Å². The molecular weight excluding hydrogens is 263 g/mol. The van der Waals surface area contributed by atoms with Gasteiger partial charge in [-0.3, -0.25) is 0 Å². The molecule has 1 aromatic carbocycles. The van der Waals surface area contributed by atoms with E-state index >= 15 is 0 Å². The van der Waals surface area contributed by atoms with Crippen molar-refractivity contribution in [1.29, 1.82) is 0 Å². The van der Waals surface area contributed by atoms with Crippen LogP contribution >= 0.6 is 11.3 Å². The van der Waals surface area contributed by atoms with Gasteiger partial charge in [0.15, 0.2) is 0 Å². The van der Waals surface area contributed by atoms with Gasteiger partial charge in [-0.25, -0.2) is 4.39 Å². The van der Waals surface area contributed by atoms with Gasteiger partial charge in [0.1, 0.15) is 5.82 Å². The number of halogens is 1. The van der Waals surface area contributed by atoms with E-state index in [-0.39, 0.29) is 5.82 Å². The normalized spacial score (nSPS) is 11.6. The van der Waals surface area contributed by atoms with Crippen LogP contribution in [0.5, 0.6) is 0 Å². The van der Waals surface area contributed by atoms with Gasteiger partial charge in [0.2, 0.25) is 0 Å². The molecule has 0 aliphatic heterocycles. The van der Waals surface area contributed by atoms with Crippen LogP contribution in [0.1, 0.15) is 10.4 Å². The summed E-state index contributed by atoms with van der Waals surface area (Å²) in [6, 6.07) is 5.13. The van der Waals surface area contributed by atoms with Gasteiger partial charge in [-0.1, -0.05) is 6.07 Å². The molecule has 19 heavy (non-hydrogen) atoms. The second-order valence-electron chi connectivity index (χ2n) is 4.68. The van der Waals surface area contributed by atoms with Gasteiger partial charge in [-0.15, -0.1) is 11.3 Å². The van der Waals surface area contributed by atoms with Crippen molar-refractivity contribution >= 4 is 21.4 Å². The van der Waals surface area contributed by atoms with E-state index in [2.05, 4.69) is 4.90 Å². The summed E-state index contributed by atoms with van der Waals surface area (Å²) >= 11 is 1.55. The second kappa shape index (κ2) is 6.43. The molecule has 3 nitrogen and oxygen atoms in total. The fraction of sp³-hybridized carbons (Fsp3) is 0.429. The van der Waals surface area contributed by atoms with Crippen molar-refractivity contribution in [3.63, 3.8) is 0 Å². The molecule has 0 bridgehead atoms. The molecule has 0 saturated carbocycles. The summed E-state index contributed by atoms with van der Waals surface area (Å²) in [5.74, 6) is -0.195. The fourth-order valence-electron chi connectivity index (χ4n) is 1.95. The lowest BCUT2D eigenvalue weighted by molar-refractivity contribution is 0.106. The third-order valence-electron chi connectivity index (χ3n) is 2.96. The molecule has 0 unspecified atom stereocenters. The number of hydrogen-bond acceptors (Lipinski definition) is 4. The Morgan fingerprint density at radius 3 is 2.84 bits per heavy atom. The van der Waals surface area contributed by atoms with Gasteiger partial charge >= 0.3 is 0 Å². The molecule has 0 fully saturated rings. The highest BCUT2D eigenvalue weighted by Crippen LogP contribution is 2.33. The summed E-state index contributed by atoms with van der Waals surface area (Å²) in [6.07, 6.45) is 0. The van der Waals surface area contributed by atoms with Crippen LogP contribution in [0.3, 0.4) is 0 Å². The van der Waals surface area contributed by atoms with E-state index in [1.807, 2.05) is 20.2 Å². The molecule has 2 rings (SSSR count). The molecule has 1 aromatic heterocycles. The van der Waals surface area contributed by atoms with E-state index in [0.29, 0.717) is 25.1 Å². The highest BCUT2D eigenvalue weighted by atomic mass is 32.1. The van der Waals surface area contributed by atoms with E-state index in [1.54, 1.807) is 17.4 Å². The smallest absolute Gasteiger partial charge is 0.132 e. The minimum Gasteiger partial charge on any atom is -0.375 e. The molecule has 0 spiro atoms. The van der Waals surface area contributed by atoms with Crippen molar-refractivity contribution in [3.05, 3.63) is 34.5 Å². The van der Waals surface area contributed by atoms with Crippen molar-refractivity contribution in [2.24, 2.45) is 5.73 Å². The Hall–Kier alpha value is -1.01. The first-order chi connectivity index (χ1) is 9.13. The molecule has 0 atom stereocenters. The maximum Gasteiger partial charge on any atom is 0.132 e. The zero-order chi connectivity index (χ0) is 13.8. The van der Waals surface area contributed by atoms with Crippen molar-refractivity contribution in [1.82, 2.24) is 4.90 Å². The summed E-state index contributed by atoms with van der Waals surface area (Å²) in [6.45, 7) is 2.32. The lowest BCUT2D eigenvalue weighted by atomic mass is 10.1. The largest absolute Gasteiger partial charge is 0.375 e. The quantitative estimate of drug-likeness (QED) is 0.828. The summed E-state index contributed by atoms with van der Waals surface area (Å²) in [7, 11) is 3.99. The van der Waals surface area contributed by atoms with Gasteiger partial charge < -0.3 is 15.4 Å². The average Bonchev–Trinajstić information content (AvgIpc) is 2.74. The lowest BCUT2D eigenvalue weighted by Crippen LogP contribution is -2.18. The van der Waals surface area contributed by atoms with Gasteiger partial charge in [-0.2, -0.15) is 0 Å². The summed E-state index contributed by atoms with van der Waals surface area (Å²) in [4.78, 5) is 3.06. The van der Waals surface area contributed by atoms with E-state index < -0.39 is 0 Å². The van der Waals surface area contributed by atoms with Gasteiger partial charge in [-0.05, 0) is 26.2 Å². The first kappa shape index (κ1) is 14.4. The molecule has 0 amide bonds. The third-order valence-corrected chi connectivity index (χ3v) is 4.18. The molecular formula is C14H19FN2OS. The number of ether oxygens (including phenoxy) is 1. The van der Waals surface area contributed by atoms with Gasteiger partial charge in [0, 0.05) is 33.6 Å². The van der Waals surface area contributed by atoms with Crippen LogP contribution in [-0.4, -0.2) is 32.1 Å². The van der Waals surface area contributed by atoms with Crippen molar-refractivity contribution in [2.75, 3.05) is 27.2 Å². The molecule has 5 heteroatoms. The van der Waals surface area contributed by atoms with Crippen LogP contribution in [0, 0.1) is 5.82 Å². The Balaban J connectivity index is 2.20. The van der Waals surface area contributed by atoms with Crippen molar-refractivity contribution in [3.8, 4) is 0 Å². The van der Waals surface area contributed by atoms with E-state index in [9.17, 15) is 4.39 Å². The minimum atomic E-state index is -0.195. The predicted octanol–water partition coefficient (Wildman–Crippen LogP) is 2.58. The first-order valence-corrected chi connectivity index (χ1v) is 7.06. The second-order valence-corrected chi connectivity index (χ2v) is 5.81. The summed E-state index contributed by atoms with van der Waals surface area (Å²) in [5.41, 5.74) is 6.64. The Labute approximate surface area is 116 Å². The van der Waals surface area contributed by atoms with E-state index in [0.717, 1.165) is 21.7 Å². The molecule has 2 N–H and O–H groups in total. The number of likely N-dealkylation sites (N-methyl/N-ethyl adjacent to an activating group) is 1. The van der Waals surface area contributed by atoms with Gasteiger partial charge in [0.25, 0.3) is 0 Å². The summed E-state index contributed by atoms with van der Waals surface area (Å²) in [5, 5.41) is 0.665. The zero-order valence-electron chi connectivity index (χ0n) is 11.3. The maximum atomic E-state index is 13.9. The third kappa shape index (κ3) is 3.30. The Bertz CT molecular complexity index is 554. The molecule has 2 aromatic rings. The molecule has 0 aliphatic rings. The number of thiophene rings is 1. The van der Waals surface area contributed by atoms with Crippen LogP contribution in [0.2, 0.25) is 0 Å². The molecule has 0 radical (unpaired) electrons. The number of hydrogen-bond donors (Lipinski definition) is 1. The zero-order valence-corrected chi connectivity index (χ0v) is 12.1. The van der Waals surface area contributed by atoms with E-state index in [4.69, 9.17) is 10.5 Å². The highest BCUT2D eigenvalue weighted by molar-refractivity contribution is 7.19. The highest BCUT2D eigenvalue weighted by Gasteiger charge is 2.14. The number of nitrogens with two attached hydrogens (primary N) is 1. The maximum absolute atomic E-state index is 13.9. The first-order valence-electron chi connectivity index (χ1n) is 6.24. The number of benzene rings is 1. The van der Waals surface area contributed by atoms with Crippen LogP contribution in [0.4, 0.5) is 4.39 Å². The number of rotatable bonds is 6. The number of fused-ring (bicyclic) bond motifs is 1.